The molecule has 0 radical (unpaired) electrons. The molecule has 1 saturated carbocycles. The number of hydrogen-bond acceptors (Lipinski definition) is 0. The van der Waals surface area contributed by atoms with Crippen LogP contribution in [-0.4, -0.2) is 5.66 Å². The largest absolute Gasteiger partial charge is 0.0651 e. The van der Waals surface area contributed by atoms with Crippen molar-refractivity contribution in [2.75, 3.05) is 0 Å². The smallest absolute Gasteiger partial charge is 0.0101 e. The summed E-state index contributed by atoms with van der Waals surface area (Å²) in [5.74, 6) is 0.918. The Morgan fingerprint density at radius 2 is 1.40 bits per heavy atom. The highest BCUT2D eigenvalue weighted by Gasteiger charge is 2.33. The molecule has 2 aromatic rings. The van der Waals surface area contributed by atoms with Gasteiger partial charge >= 0.3 is 0 Å². The van der Waals surface area contributed by atoms with Crippen LogP contribution in [0.5, 0.6) is 0 Å². The molecule has 0 aliphatic heterocycles. The Balaban J connectivity index is 2.00. The molecule has 0 saturated heterocycles. The molecular weight excluding hydrogens is 259 g/mol. The summed E-state index contributed by atoms with van der Waals surface area (Å²) in [7, 11) is -0.197. The Bertz CT molecular complexity index is 480. The quantitative estimate of drug-likeness (QED) is 0.713. The highest BCUT2D eigenvalue weighted by atomic mass is 31.1. The molecule has 0 aromatic heterocycles. The Morgan fingerprint density at radius 1 is 0.850 bits per heavy atom. The zero-order chi connectivity index (χ0) is 13.8. The minimum Gasteiger partial charge on any atom is -0.0651 e. The summed E-state index contributed by atoms with van der Waals surface area (Å²) >= 11 is 0. The first-order valence-corrected chi connectivity index (χ1v) is 9.20. The van der Waals surface area contributed by atoms with E-state index in [0.717, 1.165) is 11.6 Å². The predicted octanol–water partition coefficient (Wildman–Crippen LogP) is 4.70. The van der Waals surface area contributed by atoms with Crippen molar-refractivity contribution >= 4 is 18.5 Å². The second-order valence-corrected chi connectivity index (χ2v) is 8.14. The van der Waals surface area contributed by atoms with Crippen LogP contribution in [0.2, 0.25) is 0 Å². The highest BCUT2D eigenvalue weighted by molar-refractivity contribution is 7.73. The zero-order valence-electron chi connectivity index (χ0n) is 12.2. The van der Waals surface area contributed by atoms with E-state index in [1.807, 2.05) is 0 Å². The molecule has 0 spiro atoms. The van der Waals surface area contributed by atoms with E-state index >= 15 is 0 Å². The third-order valence-corrected chi connectivity index (χ3v) is 7.60. The first kappa shape index (κ1) is 13.8. The minimum absolute atomic E-state index is 0.197. The van der Waals surface area contributed by atoms with Crippen LogP contribution in [0.25, 0.3) is 0 Å². The molecule has 2 aromatic carbocycles. The summed E-state index contributed by atoms with van der Waals surface area (Å²) in [5.41, 5.74) is 0.875. The first-order chi connectivity index (χ1) is 9.90. The fourth-order valence-corrected chi connectivity index (χ4v) is 6.82. The molecule has 2 atom stereocenters. The standard InChI is InChI=1S/C19H23P/c1-2-16-10-9-15-19(16)20(17-11-5-3-6-12-17)18-13-7-4-8-14-18/h3-8,11-14,16,19H,2,9-10,15H2,1H3. The van der Waals surface area contributed by atoms with Gasteiger partial charge in [-0.05, 0) is 42.9 Å². The van der Waals surface area contributed by atoms with E-state index < -0.39 is 0 Å². The number of benzene rings is 2. The molecule has 0 amide bonds. The molecule has 1 aliphatic carbocycles. The van der Waals surface area contributed by atoms with Crippen LogP contribution in [-0.2, 0) is 0 Å². The molecule has 1 aliphatic rings. The number of hydrogen-bond donors (Lipinski definition) is 0. The van der Waals surface area contributed by atoms with Gasteiger partial charge in [0.2, 0.25) is 0 Å². The average molecular weight is 282 g/mol. The van der Waals surface area contributed by atoms with Gasteiger partial charge in [-0.15, -0.1) is 0 Å². The van der Waals surface area contributed by atoms with Crippen LogP contribution in [0.4, 0.5) is 0 Å². The van der Waals surface area contributed by atoms with Gasteiger partial charge in [-0.1, -0.05) is 80.4 Å². The van der Waals surface area contributed by atoms with E-state index in [1.165, 1.54) is 25.7 Å². The maximum absolute atomic E-state index is 2.37. The normalized spacial score (nSPS) is 22.3. The lowest BCUT2D eigenvalue weighted by atomic mass is 10.1. The molecule has 20 heavy (non-hydrogen) atoms. The number of rotatable bonds is 4. The summed E-state index contributed by atoms with van der Waals surface area (Å²) in [6.07, 6.45) is 5.60. The lowest BCUT2D eigenvalue weighted by Crippen LogP contribution is -2.24. The first-order valence-electron chi connectivity index (χ1n) is 7.79. The van der Waals surface area contributed by atoms with E-state index in [-0.39, 0.29) is 7.92 Å². The van der Waals surface area contributed by atoms with Crippen LogP contribution >= 0.6 is 7.92 Å². The summed E-state index contributed by atoms with van der Waals surface area (Å²) in [6, 6.07) is 22.4. The predicted molar refractivity (Wildman–Crippen MR) is 90.5 cm³/mol. The average Bonchev–Trinajstić information content (AvgIpc) is 2.98. The molecular formula is C19H23P. The van der Waals surface area contributed by atoms with Gasteiger partial charge < -0.3 is 0 Å². The topological polar surface area (TPSA) is 0 Å². The second-order valence-electron chi connectivity index (χ2n) is 5.71. The zero-order valence-corrected chi connectivity index (χ0v) is 13.1. The van der Waals surface area contributed by atoms with Crippen molar-refractivity contribution in [1.29, 1.82) is 0 Å². The van der Waals surface area contributed by atoms with Gasteiger partial charge in [-0.3, -0.25) is 0 Å². The minimum atomic E-state index is -0.197. The molecule has 0 heterocycles. The van der Waals surface area contributed by atoms with Crippen LogP contribution in [0.1, 0.15) is 32.6 Å². The van der Waals surface area contributed by atoms with E-state index in [9.17, 15) is 0 Å². The Morgan fingerprint density at radius 3 is 1.90 bits per heavy atom. The third kappa shape index (κ3) is 2.81. The van der Waals surface area contributed by atoms with Crippen molar-refractivity contribution in [3.05, 3.63) is 60.7 Å². The van der Waals surface area contributed by atoms with Gasteiger partial charge in [0.25, 0.3) is 0 Å². The summed E-state index contributed by atoms with van der Waals surface area (Å²) in [5, 5.41) is 3.11. The van der Waals surface area contributed by atoms with Crippen molar-refractivity contribution in [3.8, 4) is 0 Å². The van der Waals surface area contributed by atoms with Gasteiger partial charge in [0, 0.05) is 0 Å². The van der Waals surface area contributed by atoms with Crippen molar-refractivity contribution in [1.82, 2.24) is 0 Å². The van der Waals surface area contributed by atoms with Gasteiger partial charge in [0.1, 0.15) is 0 Å². The Labute approximate surface area is 124 Å². The molecule has 3 rings (SSSR count). The maximum atomic E-state index is 2.37. The summed E-state index contributed by atoms with van der Waals surface area (Å²) < 4.78 is 0. The maximum Gasteiger partial charge on any atom is -0.0101 e. The van der Waals surface area contributed by atoms with E-state index in [0.29, 0.717) is 0 Å². The molecule has 1 heteroatoms. The van der Waals surface area contributed by atoms with Crippen molar-refractivity contribution in [2.24, 2.45) is 5.92 Å². The SMILES string of the molecule is CCC1CCCC1P(c1ccccc1)c1ccccc1. The highest BCUT2D eigenvalue weighted by Crippen LogP contribution is 2.50. The Kier molecular flexibility index (Phi) is 4.53. The molecule has 0 nitrogen and oxygen atoms in total. The van der Waals surface area contributed by atoms with Crippen LogP contribution in [0.15, 0.2) is 60.7 Å². The summed E-state index contributed by atoms with van der Waals surface area (Å²) in [4.78, 5) is 0. The fraction of sp³-hybridized carbons (Fsp3) is 0.368. The molecule has 2 unspecified atom stereocenters. The van der Waals surface area contributed by atoms with Gasteiger partial charge in [-0.25, -0.2) is 0 Å². The van der Waals surface area contributed by atoms with Crippen molar-refractivity contribution < 1.29 is 0 Å². The third-order valence-electron chi connectivity index (χ3n) is 4.54. The Hall–Kier alpha value is -1.13. The van der Waals surface area contributed by atoms with Gasteiger partial charge in [0.15, 0.2) is 0 Å². The monoisotopic (exact) mass is 282 g/mol. The van der Waals surface area contributed by atoms with Crippen molar-refractivity contribution in [3.63, 3.8) is 0 Å². The van der Waals surface area contributed by atoms with Gasteiger partial charge in [0.05, 0.1) is 0 Å². The second kappa shape index (κ2) is 6.55. The van der Waals surface area contributed by atoms with Crippen LogP contribution in [0.3, 0.4) is 0 Å². The van der Waals surface area contributed by atoms with Crippen LogP contribution < -0.4 is 10.6 Å². The molecule has 0 N–H and O–H groups in total. The van der Waals surface area contributed by atoms with Gasteiger partial charge in [-0.2, -0.15) is 0 Å². The lowest BCUT2D eigenvalue weighted by Gasteiger charge is -2.29. The van der Waals surface area contributed by atoms with Crippen molar-refractivity contribution in [2.45, 2.75) is 38.3 Å². The molecule has 1 fully saturated rings. The fourth-order valence-electron chi connectivity index (χ4n) is 3.54. The summed E-state index contributed by atoms with van der Waals surface area (Å²) in [6.45, 7) is 2.37. The molecule has 0 bridgehead atoms. The van der Waals surface area contributed by atoms with Crippen LogP contribution in [0, 0.1) is 5.92 Å². The molecule has 104 valence electrons. The van der Waals surface area contributed by atoms with E-state index in [4.69, 9.17) is 0 Å². The lowest BCUT2D eigenvalue weighted by molar-refractivity contribution is 0.538. The van der Waals surface area contributed by atoms with E-state index in [2.05, 4.69) is 67.6 Å². The van der Waals surface area contributed by atoms with E-state index in [1.54, 1.807) is 10.6 Å².